The van der Waals surface area contributed by atoms with Crippen LogP contribution in [-0.4, -0.2) is 30.6 Å². The van der Waals surface area contributed by atoms with Gasteiger partial charge in [-0.2, -0.15) is 0 Å². The van der Waals surface area contributed by atoms with Crippen molar-refractivity contribution in [2.24, 2.45) is 0 Å². The number of carbonyl (C=O) groups excluding carboxylic acids is 1. The molecule has 3 heterocycles. The summed E-state index contributed by atoms with van der Waals surface area (Å²) in [7, 11) is 0. The van der Waals surface area contributed by atoms with Crippen LogP contribution in [0.1, 0.15) is 27.0 Å². The van der Waals surface area contributed by atoms with Gasteiger partial charge < -0.3 is 15.0 Å². The van der Waals surface area contributed by atoms with Gasteiger partial charge >= 0.3 is 0 Å². The molecule has 3 aromatic rings. The molecule has 1 atom stereocenters. The number of hydrogen-bond donors (Lipinski definition) is 1. The van der Waals surface area contributed by atoms with Crippen LogP contribution >= 0.6 is 11.3 Å². The van der Waals surface area contributed by atoms with Crippen LogP contribution in [0.5, 0.6) is 0 Å². The number of rotatable bonds is 5. The van der Waals surface area contributed by atoms with Gasteiger partial charge in [0.05, 0.1) is 6.61 Å². The van der Waals surface area contributed by atoms with Gasteiger partial charge in [0, 0.05) is 36.4 Å². The van der Waals surface area contributed by atoms with E-state index in [9.17, 15) is 4.79 Å². The summed E-state index contributed by atoms with van der Waals surface area (Å²) < 4.78 is 5.91. The molecule has 1 aromatic carbocycles. The van der Waals surface area contributed by atoms with Crippen molar-refractivity contribution in [1.82, 2.24) is 10.3 Å². The molecule has 1 aliphatic heterocycles. The molecule has 5 nitrogen and oxygen atoms in total. The Morgan fingerprint density at radius 1 is 1.22 bits per heavy atom. The molecule has 2 aromatic heterocycles. The average molecular weight is 379 g/mol. The quantitative estimate of drug-likeness (QED) is 0.735. The Morgan fingerprint density at radius 3 is 2.93 bits per heavy atom. The molecule has 1 N–H and O–H groups in total. The molecule has 1 fully saturated rings. The predicted molar refractivity (Wildman–Crippen MR) is 107 cm³/mol. The average Bonchev–Trinajstić information content (AvgIpc) is 3.28. The maximum Gasteiger partial charge on any atom is 0.270 e. The molecule has 1 unspecified atom stereocenters. The van der Waals surface area contributed by atoms with Crippen LogP contribution in [0.25, 0.3) is 0 Å². The molecule has 138 valence electrons. The van der Waals surface area contributed by atoms with Gasteiger partial charge in [-0.1, -0.05) is 36.4 Å². The summed E-state index contributed by atoms with van der Waals surface area (Å²) in [6, 6.07) is 17.8. The summed E-state index contributed by atoms with van der Waals surface area (Å²) in [5.74, 6) is -0.163. The smallest absolute Gasteiger partial charge is 0.270 e. The van der Waals surface area contributed by atoms with E-state index in [1.54, 1.807) is 17.5 Å². The molecule has 1 aliphatic rings. The molecule has 1 saturated heterocycles. The van der Waals surface area contributed by atoms with E-state index in [-0.39, 0.29) is 12.0 Å². The number of benzene rings is 1. The summed E-state index contributed by atoms with van der Waals surface area (Å²) in [5.41, 5.74) is 2.50. The van der Waals surface area contributed by atoms with E-state index < -0.39 is 0 Å². The lowest BCUT2D eigenvalue weighted by Gasteiger charge is -2.34. The summed E-state index contributed by atoms with van der Waals surface area (Å²) in [5, 5.41) is 5.00. The second-order valence-electron chi connectivity index (χ2n) is 6.39. The van der Waals surface area contributed by atoms with Crippen molar-refractivity contribution in [3.05, 3.63) is 82.3 Å². The third kappa shape index (κ3) is 4.35. The number of anilines is 1. The number of morpholine rings is 1. The molecule has 1 amide bonds. The molecule has 0 bridgehead atoms. The second kappa shape index (κ2) is 8.33. The fourth-order valence-corrected chi connectivity index (χ4v) is 3.91. The van der Waals surface area contributed by atoms with Crippen molar-refractivity contribution in [2.75, 3.05) is 24.6 Å². The monoisotopic (exact) mass is 379 g/mol. The van der Waals surface area contributed by atoms with Crippen molar-refractivity contribution < 1.29 is 9.53 Å². The number of nitrogens with one attached hydrogen (secondary N) is 1. The normalized spacial score (nSPS) is 16.9. The SMILES string of the molecule is O=C(NCc1ccccc1)c1cc(N2CCOC(c3cccs3)C2)ccn1. The van der Waals surface area contributed by atoms with Crippen LogP contribution in [0.4, 0.5) is 5.69 Å². The molecule has 6 heteroatoms. The minimum absolute atomic E-state index is 0.0715. The number of ether oxygens (including phenoxy) is 1. The lowest BCUT2D eigenvalue weighted by atomic mass is 10.2. The number of aromatic nitrogens is 1. The Bertz CT molecular complexity index is 883. The Hall–Kier alpha value is -2.70. The Kier molecular flexibility index (Phi) is 5.46. The molecule has 0 saturated carbocycles. The highest BCUT2D eigenvalue weighted by Crippen LogP contribution is 2.28. The summed E-state index contributed by atoms with van der Waals surface area (Å²) >= 11 is 1.71. The zero-order valence-corrected chi connectivity index (χ0v) is 15.7. The standard InChI is InChI=1S/C21H21N3O2S/c25-21(23-14-16-5-2-1-3-6-16)18-13-17(8-9-22-18)24-10-11-26-19(15-24)20-7-4-12-27-20/h1-9,12-13,19H,10-11,14-15H2,(H,23,25). The van der Waals surface area contributed by atoms with Crippen LogP contribution in [0, 0.1) is 0 Å². The number of hydrogen-bond acceptors (Lipinski definition) is 5. The first-order valence-electron chi connectivity index (χ1n) is 8.98. The Morgan fingerprint density at radius 2 is 2.11 bits per heavy atom. The van der Waals surface area contributed by atoms with E-state index >= 15 is 0 Å². The highest BCUT2D eigenvalue weighted by atomic mass is 32.1. The van der Waals surface area contributed by atoms with Gasteiger partial charge in [-0.05, 0) is 29.1 Å². The number of amides is 1. The first kappa shape index (κ1) is 17.7. The molecule has 0 spiro atoms. The minimum Gasteiger partial charge on any atom is -0.369 e. The fourth-order valence-electron chi connectivity index (χ4n) is 3.14. The van der Waals surface area contributed by atoms with Gasteiger partial charge in [0.25, 0.3) is 5.91 Å². The lowest BCUT2D eigenvalue weighted by Crippen LogP contribution is -2.38. The Labute approximate surface area is 162 Å². The van der Waals surface area contributed by atoms with E-state index in [0.29, 0.717) is 18.8 Å². The van der Waals surface area contributed by atoms with Gasteiger partial charge in [0.2, 0.25) is 0 Å². The molecular formula is C21H21N3O2S. The van der Waals surface area contributed by atoms with Gasteiger partial charge in [-0.25, -0.2) is 0 Å². The van der Waals surface area contributed by atoms with Gasteiger partial charge in [-0.3, -0.25) is 9.78 Å². The summed E-state index contributed by atoms with van der Waals surface area (Å²) in [6.07, 6.45) is 1.77. The van der Waals surface area contributed by atoms with Crippen LogP contribution in [-0.2, 0) is 11.3 Å². The van der Waals surface area contributed by atoms with Crippen molar-refractivity contribution in [2.45, 2.75) is 12.6 Å². The third-order valence-corrected chi connectivity index (χ3v) is 5.53. The zero-order valence-electron chi connectivity index (χ0n) is 14.9. The molecule has 0 aliphatic carbocycles. The molecule has 27 heavy (non-hydrogen) atoms. The van der Waals surface area contributed by atoms with E-state index in [1.807, 2.05) is 48.5 Å². The van der Waals surface area contributed by atoms with Gasteiger partial charge in [0.15, 0.2) is 0 Å². The van der Waals surface area contributed by atoms with Gasteiger partial charge in [-0.15, -0.1) is 11.3 Å². The van der Waals surface area contributed by atoms with Gasteiger partial charge in [0.1, 0.15) is 11.8 Å². The summed E-state index contributed by atoms with van der Waals surface area (Å²) in [6.45, 7) is 2.73. The van der Waals surface area contributed by atoms with Crippen LogP contribution in [0.3, 0.4) is 0 Å². The lowest BCUT2D eigenvalue weighted by molar-refractivity contribution is 0.0421. The first-order valence-corrected chi connectivity index (χ1v) is 9.86. The highest BCUT2D eigenvalue weighted by molar-refractivity contribution is 7.10. The highest BCUT2D eigenvalue weighted by Gasteiger charge is 2.23. The number of thiophene rings is 1. The largest absolute Gasteiger partial charge is 0.369 e. The number of pyridine rings is 1. The number of nitrogens with zero attached hydrogens (tertiary/aromatic N) is 2. The zero-order chi connectivity index (χ0) is 18.5. The van der Waals surface area contributed by atoms with E-state index in [4.69, 9.17) is 4.74 Å². The van der Waals surface area contributed by atoms with E-state index in [1.165, 1.54) is 4.88 Å². The van der Waals surface area contributed by atoms with E-state index in [2.05, 4.69) is 26.6 Å². The Balaban J connectivity index is 1.43. The predicted octanol–water partition coefficient (Wildman–Crippen LogP) is 3.65. The summed E-state index contributed by atoms with van der Waals surface area (Å²) in [4.78, 5) is 20.2. The van der Waals surface area contributed by atoms with Crippen LogP contribution in [0.15, 0.2) is 66.2 Å². The topological polar surface area (TPSA) is 54.5 Å². The first-order chi connectivity index (χ1) is 13.3. The van der Waals surface area contributed by atoms with Crippen molar-refractivity contribution in [1.29, 1.82) is 0 Å². The minimum atomic E-state index is -0.163. The maximum absolute atomic E-state index is 12.5. The molecular weight excluding hydrogens is 358 g/mol. The van der Waals surface area contributed by atoms with Crippen LogP contribution < -0.4 is 10.2 Å². The third-order valence-electron chi connectivity index (χ3n) is 4.56. The molecule has 4 rings (SSSR count). The maximum atomic E-state index is 12.5. The van der Waals surface area contributed by atoms with Crippen molar-refractivity contribution >= 4 is 22.9 Å². The second-order valence-corrected chi connectivity index (χ2v) is 7.37. The number of carbonyl (C=O) groups is 1. The van der Waals surface area contributed by atoms with Crippen molar-refractivity contribution in [3.8, 4) is 0 Å². The fraction of sp³-hybridized carbons (Fsp3) is 0.238. The van der Waals surface area contributed by atoms with Crippen LogP contribution in [0.2, 0.25) is 0 Å². The van der Waals surface area contributed by atoms with E-state index in [0.717, 1.165) is 24.3 Å². The van der Waals surface area contributed by atoms with Crippen molar-refractivity contribution in [3.63, 3.8) is 0 Å². The molecule has 0 radical (unpaired) electrons.